The molecule has 1 saturated heterocycles. The van der Waals surface area contributed by atoms with Crippen molar-refractivity contribution in [2.45, 2.75) is 32.0 Å². The average molecular weight is 395 g/mol. The third-order valence-electron chi connectivity index (χ3n) is 4.52. The zero-order valence-corrected chi connectivity index (χ0v) is 15.5. The predicted molar refractivity (Wildman–Crippen MR) is 100 cm³/mol. The topological polar surface area (TPSA) is 41.0 Å². The van der Waals surface area contributed by atoms with Gasteiger partial charge in [-0.25, -0.2) is 18.7 Å². The second-order valence-corrected chi connectivity index (χ2v) is 8.06. The van der Waals surface area contributed by atoms with Crippen LogP contribution in [0.5, 0.6) is 0 Å². The van der Waals surface area contributed by atoms with Gasteiger partial charge in [0.25, 0.3) is 0 Å². The molecule has 26 heavy (non-hydrogen) atoms. The SMILES string of the molecule is Fc1cc(F)cc(CN2CCCCC2Nc2ncnc3sc(Cl)cc23)c1. The van der Waals surface area contributed by atoms with Crippen molar-refractivity contribution in [2.24, 2.45) is 0 Å². The first-order chi connectivity index (χ1) is 12.6. The Labute approximate surface area is 158 Å². The normalized spacial score (nSPS) is 18.3. The number of benzene rings is 1. The number of anilines is 1. The number of fused-ring (bicyclic) bond motifs is 1. The van der Waals surface area contributed by atoms with Gasteiger partial charge in [0.1, 0.15) is 28.6 Å². The fourth-order valence-corrected chi connectivity index (χ4v) is 4.43. The summed E-state index contributed by atoms with van der Waals surface area (Å²) in [5.74, 6) is -0.362. The Morgan fingerprint density at radius 2 is 1.96 bits per heavy atom. The van der Waals surface area contributed by atoms with Gasteiger partial charge in [0, 0.05) is 19.2 Å². The second kappa shape index (κ2) is 7.42. The molecule has 0 amide bonds. The number of hydrogen-bond acceptors (Lipinski definition) is 5. The van der Waals surface area contributed by atoms with Crippen LogP contribution >= 0.6 is 22.9 Å². The van der Waals surface area contributed by atoms with Crippen molar-refractivity contribution < 1.29 is 8.78 Å². The van der Waals surface area contributed by atoms with Gasteiger partial charge < -0.3 is 5.32 Å². The van der Waals surface area contributed by atoms with Gasteiger partial charge in [0.05, 0.1) is 15.9 Å². The minimum atomic E-state index is -0.549. The molecular formula is C18H17ClF2N4S. The summed E-state index contributed by atoms with van der Waals surface area (Å²) in [6.45, 7) is 1.33. The molecular weight excluding hydrogens is 378 g/mol. The summed E-state index contributed by atoms with van der Waals surface area (Å²) in [5, 5.41) is 4.37. The van der Waals surface area contributed by atoms with Gasteiger partial charge in [-0.15, -0.1) is 11.3 Å². The fourth-order valence-electron chi connectivity index (χ4n) is 3.38. The Balaban J connectivity index is 1.57. The zero-order valence-electron chi connectivity index (χ0n) is 13.9. The van der Waals surface area contributed by atoms with E-state index in [0.717, 1.165) is 47.9 Å². The Bertz CT molecular complexity index is 912. The summed E-state index contributed by atoms with van der Waals surface area (Å²) >= 11 is 7.52. The van der Waals surface area contributed by atoms with Crippen LogP contribution in [0.25, 0.3) is 10.2 Å². The second-order valence-electron chi connectivity index (χ2n) is 6.40. The first kappa shape index (κ1) is 17.6. The van der Waals surface area contributed by atoms with E-state index < -0.39 is 11.6 Å². The van der Waals surface area contributed by atoms with E-state index >= 15 is 0 Å². The number of likely N-dealkylation sites (tertiary alicyclic amines) is 1. The van der Waals surface area contributed by atoms with E-state index in [-0.39, 0.29) is 6.17 Å². The number of nitrogens with one attached hydrogen (secondary N) is 1. The number of hydrogen-bond donors (Lipinski definition) is 1. The first-order valence-corrected chi connectivity index (χ1v) is 9.63. The van der Waals surface area contributed by atoms with Crippen molar-refractivity contribution in [3.8, 4) is 0 Å². The molecule has 0 radical (unpaired) electrons. The van der Waals surface area contributed by atoms with Gasteiger partial charge in [-0.1, -0.05) is 11.6 Å². The molecule has 0 saturated carbocycles. The molecule has 1 aliphatic heterocycles. The molecule has 1 aliphatic rings. The Morgan fingerprint density at radius 1 is 1.15 bits per heavy atom. The summed E-state index contributed by atoms with van der Waals surface area (Å²) in [4.78, 5) is 11.6. The van der Waals surface area contributed by atoms with Gasteiger partial charge in [0.15, 0.2) is 0 Å². The number of thiophene rings is 1. The van der Waals surface area contributed by atoms with Crippen LogP contribution in [0, 0.1) is 11.6 Å². The Morgan fingerprint density at radius 3 is 2.77 bits per heavy atom. The highest BCUT2D eigenvalue weighted by Gasteiger charge is 2.24. The average Bonchev–Trinajstić information content (AvgIpc) is 2.97. The van der Waals surface area contributed by atoms with Gasteiger partial charge in [-0.3, -0.25) is 4.90 Å². The van der Waals surface area contributed by atoms with Gasteiger partial charge in [-0.05, 0) is 43.0 Å². The molecule has 1 atom stereocenters. The van der Waals surface area contributed by atoms with Crippen LogP contribution < -0.4 is 5.32 Å². The first-order valence-electron chi connectivity index (χ1n) is 8.44. The van der Waals surface area contributed by atoms with Crippen molar-refractivity contribution in [1.29, 1.82) is 0 Å². The highest BCUT2D eigenvalue weighted by molar-refractivity contribution is 7.22. The predicted octanol–water partition coefficient (Wildman–Crippen LogP) is 5.05. The maximum absolute atomic E-state index is 13.5. The molecule has 3 heterocycles. The smallest absolute Gasteiger partial charge is 0.139 e. The van der Waals surface area contributed by atoms with Crippen LogP contribution in [-0.4, -0.2) is 27.6 Å². The van der Waals surface area contributed by atoms with Crippen LogP contribution in [0.1, 0.15) is 24.8 Å². The highest BCUT2D eigenvalue weighted by atomic mass is 35.5. The lowest BCUT2D eigenvalue weighted by molar-refractivity contribution is 0.158. The van der Waals surface area contributed by atoms with E-state index in [0.29, 0.717) is 16.4 Å². The standard InChI is InChI=1S/C18H17ClF2N4S/c19-15-8-14-17(22-10-23-18(14)26-15)24-16-3-1-2-4-25(16)9-11-5-12(20)7-13(21)6-11/h5-8,10,16H,1-4,9H2,(H,22,23,24). The summed E-state index contributed by atoms with van der Waals surface area (Å²) in [6.07, 6.45) is 4.63. The Kier molecular flexibility index (Phi) is 5.02. The molecule has 3 aromatic rings. The zero-order chi connectivity index (χ0) is 18.1. The number of piperidine rings is 1. The van der Waals surface area contributed by atoms with Crippen LogP contribution in [0.4, 0.5) is 14.6 Å². The molecule has 136 valence electrons. The molecule has 4 nitrogen and oxygen atoms in total. The minimum Gasteiger partial charge on any atom is -0.354 e. The van der Waals surface area contributed by atoms with E-state index in [1.807, 2.05) is 6.07 Å². The van der Waals surface area contributed by atoms with E-state index in [1.165, 1.54) is 29.8 Å². The number of rotatable bonds is 4. The van der Waals surface area contributed by atoms with E-state index in [2.05, 4.69) is 20.2 Å². The fraction of sp³-hybridized carbons (Fsp3) is 0.333. The molecule has 0 bridgehead atoms. The van der Waals surface area contributed by atoms with Gasteiger partial charge in [-0.2, -0.15) is 0 Å². The third-order valence-corrected chi connectivity index (χ3v) is 5.70. The Hall–Kier alpha value is -1.83. The van der Waals surface area contributed by atoms with Crippen molar-refractivity contribution in [3.63, 3.8) is 0 Å². The molecule has 0 spiro atoms. The minimum absolute atomic E-state index is 0.0341. The summed E-state index contributed by atoms with van der Waals surface area (Å²) in [5.41, 5.74) is 0.627. The molecule has 1 aromatic carbocycles. The molecule has 8 heteroatoms. The van der Waals surface area contributed by atoms with E-state index in [1.54, 1.807) is 0 Å². The van der Waals surface area contributed by atoms with Crippen molar-refractivity contribution >= 4 is 39.0 Å². The lowest BCUT2D eigenvalue weighted by Gasteiger charge is -2.36. The molecule has 1 unspecified atom stereocenters. The van der Waals surface area contributed by atoms with E-state index in [9.17, 15) is 8.78 Å². The molecule has 1 N–H and O–H groups in total. The summed E-state index contributed by atoms with van der Waals surface area (Å²) in [6, 6.07) is 5.53. The largest absolute Gasteiger partial charge is 0.354 e. The van der Waals surface area contributed by atoms with Crippen LogP contribution in [0.15, 0.2) is 30.6 Å². The van der Waals surface area contributed by atoms with Crippen molar-refractivity contribution in [3.05, 3.63) is 52.1 Å². The quantitative estimate of drug-likeness (QED) is 0.672. The van der Waals surface area contributed by atoms with Gasteiger partial charge >= 0.3 is 0 Å². The maximum Gasteiger partial charge on any atom is 0.139 e. The van der Waals surface area contributed by atoms with Crippen LogP contribution in [0.3, 0.4) is 0 Å². The molecule has 2 aromatic heterocycles. The number of halogens is 3. The molecule has 4 rings (SSSR count). The van der Waals surface area contributed by atoms with Crippen LogP contribution in [0.2, 0.25) is 4.34 Å². The van der Waals surface area contributed by atoms with Crippen LogP contribution in [-0.2, 0) is 6.54 Å². The molecule has 0 aliphatic carbocycles. The molecule has 1 fully saturated rings. The number of aromatic nitrogens is 2. The lowest BCUT2D eigenvalue weighted by Crippen LogP contribution is -2.44. The highest BCUT2D eigenvalue weighted by Crippen LogP contribution is 2.32. The third kappa shape index (κ3) is 3.79. The summed E-state index contributed by atoms with van der Waals surface area (Å²) in [7, 11) is 0. The summed E-state index contributed by atoms with van der Waals surface area (Å²) < 4.78 is 27.7. The lowest BCUT2D eigenvalue weighted by atomic mass is 10.1. The number of nitrogens with zero attached hydrogens (tertiary/aromatic N) is 3. The van der Waals surface area contributed by atoms with Crippen molar-refractivity contribution in [1.82, 2.24) is 14.9 Å². The van der Waals surface area contributed by atoms with Crippen molar-refractivity contribution in [2.75, 3.05) is 11.9 Å². The maximum atomic E-state index is 13.5. The van der Waals surface area contributed by atoms with E-state index in [4.69, 9.17) is 11.6 Å². The van der Waals surface area contributed by atoms with Gasteiger partial charge in [0.2, 0.25) is 0 Å². The monoisotopic (exact) mass is 394 g/mol.